The molecule has 1 aromatic rings. The van der Waals surface area contributed by atoms with Gasteiger partial charge in [-0.25, -0.2) is 13.1 Å². The van der Waals surface area contributed by atoms with Crippen molar-refractivity contribution in [3.8, 4) is 0 Å². The number of rotatable bonds is 5. The van der Waals surface area contributed by atoms with Gasteiger partial charge < -0.3 is 0 Å². The molecule has 0 spiro atoms. The molecule has 2 rings (SSSR count). The number of nitrogens with one attached hydrogen (secondary N) is 1. The van der Waals surface area contributed by atoms with Crippen molar-refractivity contribution in [1.82, 2.24) is 4.72 Å². The smallest absolute Gasteiger partial charge is 0.211 e. The van der Waals surface area contributed by atoms with Gasteiger partial charge in [-0.1, -0.05) is 19.4 Å². The van der Waals surface area contributed by atoms with Crippen LogP contribution in [0.1, 0.15) is 26.2 Å². The Balaban J connectivity index is 2.12. The molecule has 0 heterocycles. The van der Waals surface area contributed by atoms with E-state index in [9.17, 15) is 20.7 Å². The fraction of sp³-hybridized carbons (Fsp3) is 0.538. The van der Waals surface area contributed by atoms with Crippen molar-refractivity contribution in [3.63, 3.8) is 0 Å². The van der Waals surface area contributed by atoms with Crippen molar-refractivity contribution >= 4 is 20.2 Å². The summed E-state index contributed by atoms with van der Waals surface area (Å²) in [7, 11) is -8.74. The van der Waals surface area contributed by atoms with Gasteiger partial charge in [-0.3, -0.25) is 0 Å². The average molecular weight is 335 g/mol. The number of hydrogen-bond donors (Lipinski definition) is 1. The summed E-state index contributed by atoms with van der Waals surface area (Å²) in [5, 5.41) is 0. The lowest BCUT2D eigenvalue weighted by molar-refractivity contribution is 0.498. The van der Waals surface area contributed by atoms with Crippen molar-refractivity contribution in [2.24, 2.45) is 11.8 Å². The van der Waals surface area contributed by atoms with Gasteiger partial charge in [-0.05, 0) is 42.9 Å². The van der Waals surface area contributed by atoms with Gasteiger partial charge in [0, 0.05) is 6.54 Å². The monoisotopic (exact) mass is 335 g/mol. The van der Waals surface area contributed by atoms with Crippen molar-refractivity contribution in [2.75, 3.05) is 6.54 Å². The zero-order valence-electron chi connectivity index (χ0n) is 11.6. The molecule has 0 aromatic heterocycles. The molecule has 1 aromatic carbocycles. The standard InChI is InChI=1S/C13H18FNO4S2/c1-10-5-6-11(7-10)9-15-21(18,19)13-4-2-3-12(8-13)20(14,16)17/h2-4,8,10-11,15H,5-7,9H2,1H3. The lowest BCUT2D eigenvalue weighted by atomic mass is 10.1. The first-order chi connectivity index (χ1) is 9.68. The van der Waals surface area contributed by atoms with Crippen LogP contribution in [0.4, 0.5) is 3.89 Å². The van der Waals surface area contributed by atoms with Gasteiger partial charge in [0.1, 0.15) is 0 Å². The minimum atomic E-state index is -4.92. The molecule has 0 saturated heterocycles. The third-order valence-corrected chi connectivity index (χ3v) is 6.00. The summed E-state index contributed by atoms with van der Waals surface area (Å²) in [5.74, 6) is 0.891. The van der Waals surface area contributed by atoms with E-state index in [1.807, 2.05) is 0 Å². The van der Waals surface area contributed by atoms with Crippen LogP contribution in [0, 0.1) is 11.8 Å². The molecule has 0 bridgehead atoms. The van der Waals surface area contributed by atoms with Gasteiger partial charge in [0.2, 0.25) is 10.0 Å². The zero-order chi connectivity index (χ0) is 15.7. The minimum Gasteiger partial charge on any atom is -0.211 e. The summed E-state index contributed by atoms with van der Waals surface area (Å²) < 4.78 is 61.3. The van der Waals surface area contributed by atoms with Crippen LogP contribution in [-0.2, 0) is 20.2 Å². The SMILES string of the molecule is CC1CCC(CNS(=O)(=O)c2cccc(S(=O)(=O)F)c2)C1. The largest absolute Gasteiger partial charge is 0.332 e. The Morgan fingerprint density at radius 2 is 1.86 bits per heavy atom. The summed E-state index contributed by atoms with van der Waals surface area (Å²) in [6.45, 7) is 2.45. The van der Waals surface area contributed by atoms with Crippen LogP contribution >= 0.6 is 0 Å². The van der Waals surface area contributed by atoms with E-state index < -0.39 is 25.1 Å². The second kappa shape index (κ2) is 6.02. The Morgan fingerprint density at radius 3 is 2.43 bits per heavy atom. The Hall–Kier alpha value is -0.990. The number of sulfonamides is 1. The predicted molar refractivity (Wildman–Crippen MR) is 76.4 cm³/mol. The molecule has 0 aliphatic heterocycles. The third-order valence-electron chi connectivity index (χ3n) is 3.76. The molecule has 5 nitrogen and oxygen atoms in total. The van der Waals surface area contributed by atoms with Gasteiger partial charge in [0.25, 0.3) is 0 Å². The van der Waals surface area contributed by atoms with Crippen LogP contribution < -0.4 is 4.72 Å². The molecule has 1 aliphatic carbocycles. The fourth-order valence-corrected chi connectivity index (χ4v) is 4.36. The maximum atomic E-state index is 12.9. The van der Waals surface area contributed by atoms with E-state index in [-0.39, 0.29) is 4.90 Å². The number of benzene rings is 1. The maximum absolute atomic E-state index is 12.9. The quantitative estimate of drug-likeness (QED) is 0.835. The van der Waals surface area contributed by atoms with Crippen LogP contribution in [0.15, 0.2) is 34.1 Å². The van der Waals surface area contributed by atoms with Crippen molar-refractivity contribution in [2.45, 2.75) is 36.0 Å². The van der Waals surface area contributed by atoms with Gasteiger partial charge in [-0.2, -0.15) is 8.42 Å². The Kier molecular flexibility index (Phi) is 4.69. The fourth-order valence-electron chi connectivity index (χ4n) is 2.61. The highest BCUT2D eigenvalue weighted by Gasteiger charge is 2.24. The highest BCUT2D eigenvalue weighted by molar-refractivity contribution is 7.89. The Bertz CT molecular complexity index is 715. The summed E-state index contributed by atoms with van der Waals surface area (Å²) in [6.07, 6.45) is 3.03. The zero-order valence-corrected chi connectivity index (χ0v) is 13.3. The molecule has 1 saturated carbocycles. The molecule has 1 N–H and O–H groups in total. The second-order valence-electron chi connectivity index (χ2n) is 5.55. The summed E-state index contributed by atoms with van der Waals surface area (Å²) in [4.78, 5) is -0.896. The molecule has 8 heteroatoms. The molecular weight excluding hydrogens is 317 g/mol. The van der Waals surface area contributed by atoms with E-state index in [4.69, 9.17) is 0 Å². The Labute approximate surface area is 124 Å². The van der Waals surface area contributed by atoms with Crippen LogP contribution in [0.25, 0.3) is 0 Å². The maximum Gasteiger partial charge on any atom is 0.332 e. The molecule has 2 unspecified atom stereocenters. The lowest BCUT2D eigenvalue weighted by Crippen LogP contribution is -2.28. The number of halogens is 1. The average Bonchev–Trinajstić information content (AvgIpc) is 2.82. The van der Waals surface area contributed by atoms with E-state index in [1.165, 1.54) is 12.1 Å². The van der Waals surface area contributed by atoms with E-state index in [1.54, 1.807) is 0 Å². The first kappa shape index (κ1) is 16.4. The summed E-state index contributed by atoms with van der Waals surface area (Å²) in [5.41, 5.74) is 0. The molecule has 1 fully saturated rings. The predicted octanol–water partition coefficient (Wildman–Crippen LogP) is 2.06. The first-order valence-electron chi connectivity index (χ1n) is 6.73. The van der Waals surface area contributed by atoms with Crippen LogP contribution in [0.3, 0.4) is 0 Å². The summed E-state index contributed by atoms with van der Waals surface area (Å²) >= 11 is 0. The van der Waals surface area contributed by atoms with E-state index >= 15 is 0 Å². The molecule has 21 heavy (non-hydrogen) atoms. The van der Waals surface area contributed by atoms with Crippen LogP contribution in [0.2, 0.25) is 0 Å². The van der Waals surface area contributed by atoms with Gasteiger partial charge in [0.05, 0.1) is 9.79 Å². The molecule has 118 valence electrons. The first-order valence-corrected chi connectivity index (χ1v) is 9.59. The van der Waals surface area contributed by atoms with Crippen LogP contribution in [-0.4, -0.2) is 23.4 Å². The van der Waals surface area contributed by atoms with E-state index in [2.05, 4.69) is 11.6 Å². The normalized spacial score (nSPS) is 23.3. The van der Waals surface area contributed by atoms with Gasteiger partial charge >= 0.3 is 10.2 Å². The minimum absolute atomic E-state index is 0.243. The van der Waals surface area contributed by atoms with Crippen molar-refractivity contribution in [3.05, 3.63) is 24.3 Å². The van der Waals surface area contributed by atoms with Gasteiger partial charge in [-0.15, -0.1) is 3.89 Å². The van der Waals surface area contributed by atoms with E-state index in [0.717, 1.165) is 31.4 Å². The molecule has 2 atom stereocenters. The van der Waals surface area contributed by atoms with Gasteiger partial charge in [0.15, 0.2) is 0 Å². The van der Waals surface area contributed by atoms with Crippen molar-refractivity contribution < 1.29 is 20.7 Å². The lowest BCUT2D eigenvalue weighted by Gasteiger charge is -2.12. The van der Waals surface area contributed by atoms with E-state index in [0.29, 0.717) is 18.4 Å². The topological polar surface area (TPSA) is 80.3 Å². The molecule has 0 amide bonds. The second-order valence-corrected chi connectivity index (χ2v) is 8.66. The Morgan fingerprint density at radius 1 is 1.19 bits per heavy atom. The highest BCUT2D eigenvalue weighted by atomic mass is 32.3. The van der Waals surface area contributed by atoms with Crippen molar-refractivity contribution in [1.29, 1.82) is 0 Å². The molecule has 1 aliphatic rings. The number of hydrogen-bond acceptors (Lipinski definition) is 4. The van der Waals surface area contributed by atoms with Crippen LogP contribution in [0.5, 0.6) is 0 Å². The molecule has 0 radical (unpaired) electrons. The third kappa shape index (κ3) is 4.24. The highest BCUT2D eigenvalue weighted by Crippen LogP contribution is 2.30. The summed E-state index contributed by atoms with van der Waals surface area (Å²) in [6, 6.07) is 4.30. The molecular formula is C13H18FNO4S2.